The van der Waals surface area contributed by atoms with Crippen LogP contribution in [0.15, 0.2) is 36.0 Å². The van der Waals surface area contributed by atoms with Crippen molar-refractivity contribution in [2.45, 2.75) is 27.7 Å². The normalized spacial score (nSPS) is 16.9. The molecule has 0 aromatic carbocycles. The molecule has 1 nitrogen and oxygen atoms in total. The molecule has 1 heteroatoms. The second-order valence-electron chi connectivity index (χ2n) is 4.40. The molecule has 0 amide bonds. The molecule has 0 unspecified atom stereocenters. The number of allylic oxidation sites excluding steroid dienone is 2. The van der Waals surface area contributed by atoms with Crippen LogP contribution in [-0.2, 0) is 0 Å². The maximum Gasteiger partial charge on any atom is 0.0166 e. The molecule has 0 fully saturated rings. The van der Waals surface area contributed by atoms with Gasteiger partial charge in [-0.2, -0.15) is 0 Å². The monoisotopic (exact) mass is 207 g/mol. The lowest BCUT2D eigenvalue weighted by molar-refractivity contribution is 0.360. The van der Waals surface area contributed by atoms with Crippen molar-refractivity contribution in [1.29, 1.82) is 0 Å². The van der Waals surface area contributed by atoms with Crippen LogP contribution in [0.1, 0.15) is 27.7 Å². The highest BCUT2D eigenvalue weighted by atomic mass is 15.1. The zero-order valence-corrected chi connectivity index (χ0v) is 9.64. The Bertz CT molecular complexity index is 271. The molecule has 15 heavy (non-hydrogen) atoms. The fourth-order valence-electron chi connectivity index (χ4n) is 1.60. The van der Waals surface area contributed by atoms with E-state index in [1.807, 2.05) is 0 Å². The lowest BCUT2D eigenvalue weighted by atomic mass is 9.90. The summed E-state index contributed by atoms with van der Waals surface area (Å²) in [6, 6.07) is 0. The first kappa shape index (κ1) is 14.2. The molecule has 0 saturated heterocycles. The van der Waals surface area contributed by atoms with E-state index in [0.29, 0.717) is 5.92 Å². The summed E-state index contributed by atoms with van der Waals surface area (Å²) in [6.45, 7) is 14.7. The average Bonchev–Trinajstić information content (AvgIpc) is 2.16. The maximum absolute atomic E-state index is 4.14. The summed E-state index contributed by atoms with van der Waals surface area (Å²) in [4.78, 5) is 2.31. The second-order valence-corrected chi connectivity index (χ2v) is 4.40. The largest absolute Gasteiger partial charge is 0.302 e. The van der Waals surface area contributed by atoms with Gasteiger partial charge >= 0.3 is 0 Å². The summed E-state index contributed by atoms with van der Waals surface area (Å²) < 4.78 is 0. The van der Waals surface area contributed by atoms with E-state index in [-0.39, 0.29) is 7.43 Å². The van der Waals surface area contributed by atoms with Gasteiger partial charge in [-0.15, -0.1) is 0 Å². The van der Waals surface area contributed by atoms with Crippen LogP contribution in [0.2, 0.25) is 0 Å². The molecule has 0 N–H and O–H groups in total. The Morgan fingerprint density at radius 1 is 1.40 bits per heavy atom. The standard InChI is InChI=1S/C13H21N.CH4/c1-10(2)11(3)12(4)13-6-8-14(5)9-7-13;/h6,10H,3-4,7-9H2,1-2,5H3;1H4. The lowest BCUT2D eigenvalue weighted by Gasteiger charge is -2.24. The van der Waals surface area contributed by atoms with Gasteiger partial charge in [0.2, 0.25) is 0 Å². The quantitative estimate of drug-likeness (QED) is 0.638. The minimum absolute atomic E-state index is 0. The zero-order valence-electron chi connectivity index (χ0n) is 9.64. The van der Waals surface area contributed by atoms with Crippen molar-refractivity contribution in [1.82, 2.24) is 4.90 Å². The van der Waals surface area contributed by atoms with E-state index >= 15 is 0 Å². The van der Waals surface area contributed by atoms with Crippen molar-refractivity contribution in [3.63, 3.8) is 0 Å². The first-order valence-electron chi connectivity index (χ1n) is 5.28. The molecule has 86 valence electrons. The topological polar surface area (TPSA) is 3.24 Å². The van der Waals surface area contributed by atoms with Gasteiger partial charge in [0.1, 0.15) is 0 Å². The summed E-state index contributed by atoms with van der Waals surface area (Å²) in [7, 11) is 2.15. The minimum atomic E-state index is 0. The lowest BCUT2D eigenvalue weighted by Crippen LogP contribution is -2.24. The van der Waals surface area contributed by atoms with Crippen LogP contribution in [0, 0.1) is 5.92 Å². The average molecular weight is 207 g/mol. The van der Waals surface area contributed by atoms with E-state index in [1.54, 1.807) is 0 Å². The van der Waals surface area contributed by atoms with E-state index < -0.39 is 0 Å². The number of rotatable bonds is 3. The minimum Gasteiger partial charge on any atom is -0.302 e. The van der Waals surface area contributed by atoms with Crippen LogP contribution < -0.4 is 0 Å². The van der Waals surface area contributed by atoms with E-state index in [0.717, 1.165) is 25.1 Å². The van der Waals surface area contributed by atoms with Crippen LogP contribution in [-0.4, -0.2) is 25.0 Å². The first-order valence-corrected chi connectivity index (χ1v) is 5.28. The Hall–Kier alpha value is -0.820. The number of nitrogens with zero attached hydrogens (tertiary/aromatic N) is 1. The fourth-order valence-corrected chi connectivity index (χ4v) is 1.60. The highest BCUT2D eigenvalue weighted by Crippen LogP contribution is 2.26. The molecule has 1 rings (SSSR count). The molecule has 0 aromatic rings. The highest BCUT2D eigenvalue weighted by Gasteiger charge is 2.13. The van der Waals surface area contributed by atoms with E-state index in [2.05, 4.69) is 45.0 Å². The Kier molecular flexibility index (Phi) is 5.59. The predicted octanol–water partition coefficient (Wildman–Crippen LogP) is 3.65. The molecule has 0 spiro atoms. The molecule has 0 radical (unpaired) electrons. The van der Waals surface area contributed by atoms with E-state index in [9.17, 15) is 0 Å². The van der Waals surface area contributed by atoms with Crippen molar-refractivity contribution in [2.24, 2.45) is 5.92 Å². The molecule has 0 aromatic heterocycles. The first-order chi connectivity index (χ1) is 6.52. The van der Waals surface area contributed by atoms with Gasteiger partial charge in [0.25, 0.3) is 0 Å². The zero-order chi connectivity index (χ0) is 10.7. The van der Waals surface area contributed by atoms with Crippen LogP contribution in [0.5, 0.6) is 0 Å². The molecule has 0 atom stereocenters. The fraction of sp³-hybridized carbons (Fsp3) is 0.571. The van der Waals surface area contributed by atoms with Gasteiger partial charge in [-0.05, 0) is 36.1 Å². The molecule has 1 heterocycles. The summed E-state index contributed by atoms with van der Waals surface area (Å²) >= 11 is 0. The molecule has 0 aliphatic carbocycles. The van der Waals surface area contributed by atoms with Crippen molar-refractivity contribution in [3.05, 3.63) is 36.0 Å². The number of likely N-dealkylation sites (N-methyl/N-ethyl adjacent to an activating group) is 1. The van der Waals surface area contributed by atoms with E-state index in [4.69, 9.17) is 0 Å². The summed E-state index contributed by atoms with van der Waals surface area (Å²) in [5, 5.41) is 0. The Balaban J connectivity index is 0.00000196. The SMILES string of the molecule is C.C=C(C(=C)C(C)C)C1=CCN(C)CC1. The highest BCUT2D eigenvalue weighted by molar-refractivity contribution is 5.44. The third-order valence-electron chi connectivity index (χ3n) is 2.88. The summed E-state index contributed by atoms with van der Waals surface area (Å²) in [6.07, 6.45) is 3.39. The van der Waals surface area contributed by atoms with Gasteiger partial charge < -0.3 is 4.90 Å². The van der Waals surface area contributed by atoms with E-state index in [1.165, 1.54) is 11.1 Å². The van der Waals surface area contributed by atoms with Gasteiger partial charge in [0.15, 0.2) is 0 Å². The molecule has 1 aliphatic rings. The Morgan fingerprint density at radius 2 is 2.00 bits per heavy atom. The van der Waals surface area contributed by atoms with Crippen molar-refractivity contribution < 1.29 is 0 Å². The van der Waals surface area contributed by atoms with Gasteiger partial charge in [0.05, 0.1) is 0 Å². The van der Waals surface area contributed by atoms with Crippen LogP contribution in [0.3, 0.4) is 0 Å². The van der Waals surface area contributed by atoms with Crippen LogP contribution in [0.25, 0.3) is 0 Å². The van der Waals surface area contributed by atoms with Crippen LogP contribution in [0.4, 0.5) is 0 Å². The van der Waals surface area contributed by atoms with Crippen molar-refractivity contribution in [2.75, 3.05) is 20.1 Å². The number of hydrogen-bond donors (Lipinski definition) is 0. The molecule has 0 saturated carbocycles. The molecule has 0 bridgehead atoms. The third kappa shape index (κ3) is 3.67. The van der Waals surface area contributed by atoms with Gasteiger partial charge in [-0.25, -0.2) is 0 Å². The molecular formula is C14H25N. The van der Waals surface area contributed by atoms with Gasteiger partial charge in [0, 0.05) is 13.1 Å². The van der Waals surface area contributed by atoms with Crippen molar-refractivity contribution >= 4 is 0 Å². The van der Waals surface area contributed by atoms with Crippen LogP contribution >= 0.6 is 0 Å². The Morgan fingerprint density at radius 3 is 2.40 bits per heavy atom. The predicted molar refractivity (Wildman–Crippen MR) is 70.0 cm³/mol. The van der Waals surface area contributed by atoms with Gasteiger partial charge in [-0.3, -0.25) is 0 Å². The maximum atomic E-state index is 4.14. The summed E-state index contributed by atoms with van der Waals surface area (Å²) in [5.74, 6) is 0.503. The number of hydrogen-bond acceptors (Lipinski definition) is 1. The molecular weight excluding hydrogens is 182 g/mol. The smallest absolute Gasteiger partial charge is 0.0166 e. The Labute approximate surface area is 95.2 Å². The summed E-state index contributed by atoms with van der Waals surface area (Å²) in [5.41, 5.74) is 3.73. The third-order valence-corrected chi connectivity index (χ3v) is 2.88. The second kappa shape index (κ2) is 5.92. The van der Waals surface area contributed by atoms with Gasteiger partial charge in [-0.1, -0.05) is 40.5 Å². The molecule has 1 aliphatic heterocycles. The van der Waals surface area contributed by atoms with Crippen molar-refractivity contribution in [3.8, 4) is 0 Å².